The first-order chi connectivity index (χ1) is 8.66. The van der Waals surface area contributed by atoms with Crippen LogP contribution >= 0.6 is 12.2 Å². The van der Waals surface area contributed by atoms with Crippen LogP contribution in [-0.4, -0.2) is 21.0 Å². The standard InChI is InChI=1S/C13H20N4S/c1-9-5-3-2-4-6-10(9)16-13-15-8-7-11(17-13)12(14)18/h7-10H,2-6H2,1H3,(H2,14,18)(H,15,16,17). The Morgan fingerprint density at radius 1 is 1.39 bits per heavy atom. The summed E-state index contributed by atoms with van der Waals surface area (Å²) in [6.45, 7) is 2.29. The average molecular weight is 264 g/mol. The predicted octanol–water partition coefficient (Wildman–Crippen LogP) is 2.49. The minimum Gasteiger partial charge on any atom is -0.388 e. The first-order valence-electron chi connectivity index (χ1n) is 6.56. The molecule has 1 heterocycles. The van der Waals surface area contributed by atoms with Gasteiger partial charge in [-0.05, 0) is 24.8 Å². The van der Waals surface area contributed by atoms with E-state index in [1.54, 1.807) is 12.3 Å². The first-order valence-corrected chi connectivity index (χ1v) is 6.97. The number of hydrogen-bond donors (Lipinski definition) is 2. The molecule has 1 aliphatic rings. The van der Waals surface area contributed by atoms with E-state index in [1.165, 1.54) is 32.1 Å². The molecule has 0 bridgehead atoms. The Bertz CT molecular complexity index is 421. The summed E-state index contributed by atoms with van der Waals surface area (Å²) in [5.41, 5.74) is 6.21. The molecule has 1 saturated carbocycles. The molecule has 0 aliphatic heterocycles. The third-order valence-corrected chi connectivity index (χ3v) is 3.79. The van der Waals surface area contributed by atoms with Crippen LogP contribution in [0.4, 0.5) is 5.95 Å². The zero-order valence-corrected chi connectivity index (χ0v) is 11.5. The van der Waals surface area contributed by atoms with E-state index in [-0.39, 0.29) is 0 Å². The Labute approximate surface area is 113 Å². The quantitative estimate of drug-likeness (QED) is 0.648. The maximum Gasteiger partial charge on any atom is 0.223 e. The van der Waals surface area contributed by atoms with Crippen LogP contribution in [0.2, 0.25) is 0 Å². The minimum atomic E-state index is 0.314. The van der Waals surface area contributed by atoms with Crippen molar-refractivity contribution in [3.8, 4) is 0 Å². The number of aromatic nitrogens is 2. The third kappa shape index (κ3) is 3.38. The number of nitrogens with one attached hydrogen (secondary N) is 1. The van der Waals surface area contributed by atoms with Crippen LogP contribution in [-0.2, 0) is 0 Å². The van der Waals surface area contributed by atoms with Gasteiger partial charge in [0.15, 0.2) is 0 Å². The van der Waals surface area contributed by atoms with Crippen molar-refractivity contribution in [2.24, 2.45) is 11.7 Å². The Balaban J connectivity index is 2.07. The molecule has 5 heteroatoms. The number of thiocarbonyl (C=S) groups is 1. The topological polar surface area (TPSA) is 63.8 Å². The molecule has 1 aromatic rings. The van der Waals surface area contributed by atoms with E-state index in [0.29, 0.717) is 28.6 Å². The molecule has 2 unspecified atom stereocenters. The largest absolute Gasteiger partial charge is 0.388 e. The highest BCUT2D eigenvalue weighted by Gasteiger charge is 2.20. The molecular formula is C13H20N4S. The lowest BCUT2D eigenvalue weighted by Crippen LogP contribution is -2.27. The van der Waals surface area contributed by atoms with Crippen LogP contribution < -0.4 is 11.1 Å². The number of nitrogens with zero attached hydrogens (tertiary/aromatic N) is 2. The predicted molar refractivity (Wildman–Crippen MR) is 77.6 cm³/mol. The van der Waals surface area contributed by atoms with E-state index in [9.17, 15) is 0 Å². The molecule has 1 fully saturated rings. The van der Waals surface area contributed by atoms with E-state index in [1.807, 2.05) is 0 Å². The lowest BCUT2D eigenvalue weighted by Gasteiger charge is -2.22. The molecule has 98 valence electrons. The minimum absolute atomic E-state index is 0.314. The molecule has 1 aliphatic carbocycles. The highest BCUT2D eigenvalue weighted by Crippen LogP contribution is 2.24. The Hall–Kier alpha value is -1.23. The molecule has 4 nitrogen and oxygen atoms in total. The molecular weight excluding hydrogens is 244 g/mol. The molecule has 0 saturated heterocycles. The van der Waals surface area contributed by atoms with Crippen LogP contribution in [0, 0.1) is 5.92 Å². The van der Waals surface area contributed by atoms with Crippen LogP contribution in [0.25, 0.3) is 0 Å². The normalized spacial score (nSPS) is 24.3. The SMILES string of the molecule is CC1CCCCCC1Nc1nccc(C(N)=S)n1. The van der Waals surface area contributed by atoms with Crippen LogP contribution in [0.3, 0.4) is 0 Å². The summed E-state index contributed by atoms with van der Waals surface area (Å²) in [5.74, 6) is 1.30. The van der Waals surface area contributed by atoms with Crippen LogP contribution in [0.15, 0.2) is 12.3 Å². The summed E-state index contributed by atoms with van der Waals surface area (Å²) < 4.78 is 0. The first kappa shape index (κ1) is 13.2. The fourth-order valence-electron chi connectivity index (χ4n) is 2.44. The molecule has 2 atom stereocenters. The number of anilines is 1. The third-order valence-electron chi connectivity index (χ3n) is 3.58. The van der Waals surface area contributed by atoms with Gasteiger partial charge in [0.1, 0.15) is 10.7 Å². The molecule has 0 aromatic carbocycles. The fraction of sp³-hybridized carbons (Fsp3) is 0.615. The second-order valence-electron chi connectivity index (χ2n) is 5.00. The van der Waals surface area contributed by atoms with Gasteiger partial charge in [0.05, 0.1) is 0 Å². The van der Waals surface area contributed by atoms with Gasteiger partial charge in [0.25, 0.3) is 0 Å². The van der Waals surface area contributed by atoms with Crippen molar-refractivity contribution in [2.75, 3.05) is 5.32 Å². The number of nitrogens with two attached hydrogens (primary N) is 1. The lowest BCUT2D eigenvalue weighted by molar-refractivity contribution is 0.454. The van der Waals surface area contributed by atoms with Gasteiger partial charge in [-0.15, -0.1) is 0 Å². The van der Waals surface area contributed by atoms with Gasteiger partial charge in [-0.25, -0.2) is 9.97 Å². The Morgan fingerprint density at radius 2 is 2.17 bits per heavy atom. The van der Waals surface area contributed by atoms with Gasteiger partial charge >= 0.3 is 0 Å². The summed E-state index contributed by atoms with van der Waals surface area (Å²) in [5, 5.41) is 3.43. The van der Waals surface area contributed by atoms with Crippen molar-refractivity contribution in [3.63, 3.8) is 0 Å². The fourth-order valence-corrected chi connectivity index (χ4v) is 2.55. The van der Waals surface area contributed by atoms with E-state index in [2.05, 4.69) is 22.2 Å². The summed E-state index contributed by atoms with van der Waals surface area (Å²) in [7, 11) is 0. The molecule has 3 N–H and O–H groups in total. The summed E-state index contributed by atoms with van der Waals surface area (Å²) in [4.78, 5) is 8.90. The highest BCUT2D eigenvalue weighted by molar-refractivity contribution is 7.80. The zero-order chi connectivity index (χ0) is 13.0. The smallest absolute Gasteiger partial charge is 0.223 e. The van der Waals surface area contributed by atoms with Gasteiger partial charge in [0, 0.05) is 12.2 Å². The van der Waals surface area contributed by atoms with E-state index in [4.69, 9.17) is 18.0 Å². The summed E-state index contributed by atoms with van der Waals surface area (Å²) in [6.07, 6.45) is 8.08. The van der Waals surface area contributed by atoms with Crippen molar-refractivity contribution < 1.29 is 0 Å². The lowest BCUT2D eigenvalue weighted by atomic mass is 9.97. The molecule has 18 heavy (non-hydrogen) atoms. The molecule has 0 amide bonds. The maximum absolute atomic E-state index is 5.58. The Kier molecular flexibility index (Phi) is 4.47. The van der Waals surface area contributed by atoms with Gasteiger partial charge in [-0.1, -0.05) is 38.4 Å². The van der Waals surface area contributed by atoms with Crippen molar-refractivity contribution in [1.29, 1.82) is 0 Å². The van der Waals surface area contributed by atoms with Gasteiger partial charge < -0.3 is 11.1 Å². The van der Waals surface area contributed by atoms with Crippen molar-refractivity contribution in [1.82, 2.24) is 9.97 Å². The maximum atomic E-state index is 5.58. The second kappa shape index (κ2) is 6.09. The highest BCUT2D eigenvalue weighted by atomic mass is 32.1. The zero-order valence-electron chi connectivity index (χ0n) is 10.7. The second-order valence-corrected chi connectivity index (χ2v) is 5.44. The monoisotopic (exact) mass is 264 g/mol. The summed E-state index contributed by atoms with van der Waals surface area (Å²) in [6, 6.07) is 2.19. The molecule has 1 aromatic heterocycles. The Morgan fingerprint density at radius 3 is 2.94 bits per heavy atom. The number of hydrogen-bond acceptors (Lipinski definition) is 4. The molecule has 2 rings (SSSR count). The van der Waals surface area contributed by atoms with Gasteiger partial charge in [-0.2, -0.15) is 0 Å². The van der Waals surface area contributed by atoms with Crippen LogP contribution in [0.1, 0.15) is 44.7 Å². The van der Waals surface area contributed by atoms with Gasteiger partial charge in [0.2, 0.25) is 5.95 Å². The van der Waals surface area contributed by atoms with E-state index in [0.717, 1.165) is 0 Å². The summed E-state index contributed by atoms with van der Waals surface area (Å²) >= 11 is 4.93. The van der Waals surface area contributed by atoms with Crippen LogP contribution in [0.5, 0.6) is 0 Å². The van der Waals surface area contributed by atoms with E-state index < -0.39 is 0 Å². The van der Waals surface area contributed by atoms with Crippen molar-refractivity contribution in [2.45, 2.75) is 45.1 Å². The molecule has 0 radical (unpaired) electrons. The van der Waals surface area contributed by atoms with Crippen molar-refractivity contribution in [3.05, 3.63) is 18.0 Å². The molecule has 0 spiro atoms. The van der Waals surface area contributed by atoms with Gasteiger partial charge in [-0.3, -0.25) is 0 Å². The average Bonchev–Trinajstić information content (AvgIpc) is 2.55. The number of rotatable bonds is 3. The van der Waals surface area contributed by atoms with E-state index >= 15 is 0 Å². The van der Waals surface area contributed by atoms with Crippen molar-refractivity contribution >= 4 is 23.2 Å².